The summed E-state index contributed by atoms with van der Waals surface area (Å²) in [7, 11) is -3.62. The first-order chi connectivity index (χ1) is 9.91. The summed E-state index contributed by atoms with van der Waals surface area (Å²) in [6.45, 7) is 6.71. The average Bonchev–Trinajstić information content (AvgIpc) is 3.02. The van der Waals surface area contributed by atoms with Crippen molar-refractivity contribution in [2.45, 2.75) is 50.5 Å². The monoisotopic (exact) mass is 335 g/mol. The summed E-state index contributed by atoms with van der Waals surface area (Å²) in [6, 6.07) is 0. The summed E-state index contributed by atoms with van der Waals surface area (Å²) in [4.78, 5) is 0.217. The highest BCUT2D eigenvalue weighted by Crippen LogP contribution is 2.31. The van der Waals surface area contributed by atoms with E-state index in [-0.39, 0.29) is 16.9 Å². The molecule has 2 rings (SSSR count). The van der Waals surface area contributed by atoms with Crippen molar-refractivity contribution >= 4 is 21.6 Å². The minimum absolute atomic E-state index is 0.0209. The summed E-state index contributed by atoms with van der Waals surface area (Å²) >= 11 is 5.91. The van der Waals surface area contributed by atoms with Crippen molar-refractivity contribution in [3.8, 4) is 0 Å². The van der Waals surface area contributed by atoms with Gasteiger partial charge in [-0.25, -0.2) is 8.42 Å². The molecule has 1 unspecified atom stereocenters. The van der Waals surface area contributed by atoms with E-state index in [1.165, 1.54) is 4.31 Å². The second-order valence-electron chi connectivity index (χ2n) is 5.25. The highest BCUT2D eigenvalue weighted by molar-refractivity contribution is 7.89. The van der Waals surface area contributed by atoms with Crippen molar-refractivity contribution in [2.24, 2.45) is 0 Å². The van der Waals surface area contributed by atoms with Gasteiger partial charge in [-0.15, -0.1) is 11.6 Å². The van der Waals surface area contributed by atoms with Gasteiger partial charge in [-0.1, -0.05) is 6.92 Å². The number of hydrogen-bond acceptors (Lipinski definition) is 4. The lowest BCUT2D eigenvalue weighted by Crippen LogP contribution is -2.37. The van der Waals surface area contributed by atoms with Gasteiger partial charge in [0.25, 0.3) is 0 Å². The van der Waals surface area contributed by atoms with E-state index in [9.17, 15) is 8.42 Å². The van der Waals surface area contributed by atoms with Crippen LogP contribution in [0.5, 0.6) is 0 Å². The van der Waals surface area contributed by atoms with E-state index in [1.54, 1.807) is 13.8 Å². The maximum atomic E-state index is 12.9. The molecule has 1 aromatic heterocycles. The molecule has 1 saturated heterocycles. The van der Waals surface area contributed by atoms with Gasteiger partial charge in [0.05, 0.1) is 12.0 Å². The first-order valence-electron chi connectivity index (χ1n) is 7.18. The maximum absolute atomic E-state index is 12.9. The number of aryl methyl sites for hydroxylation is 2. The van der Waals surface area contributed by atoms with Gasteiger partial charge in [-0.3, -0.25) is 0 Å². The summed E-state index contributed by atoms with van der Waals surface area (Å²) < 4.78 is 38.3. The lowest BCUT2D eigenvalue weighted by Gasteiger charge is -2.23. The van der Waals surface area contributed by atoms with Crippen LogP contribution in [-0.4, -0.2) is 38.5 Å². The SMILES string of the molecule is CCN(CC1CCCO1)S(=O)(=O)c1c(C)oc(C)c1CCl. The molecule has 0 aliphatic carbocycles. The normalized spacial score (nSPS) is 19.6. The van der Waals surface area contributed by atoms with Crippen molar-refractivity contribution in [3.05, 3.63) is 17.1 Å². The lowest BCUT2D eigenvalue weighted by atomic mass is 10.2. The van der Waals surface area contributed by atoms with Crippen molar-refractivity contribution in [3.63, 3.8) is 0 Å². The van der Waals surface area contributed by atoms with Crippen LogP contribution < -0.4 is 0 Å². The molecule has 0 bridgehead atoms. The van der Waals surface area contributed by atoms with Gasteiger partial charge >= 0.3 is 0 Å². The van der Waals surface area contributed by atoms with E-state index in [1.807, 2.05) is 6.92 Å². The number of alkyl halides is 1. The quantitative estimate of drug-likeness (QED) is 0.750. The number of rotatable bonds is 6. The van der Waals surface area contributed by atoms with E-state index in [4.69, 9.17) is 20.8 Å². The minimum atomic E-state index is -3.62. The molecule has 1 aliphatic heterocycles. The zero-order chi connectivity index (χ0) is 15.6. The van der Waals surface area contributed by atoms with Gasteiger partial charge in [-0.2, -0.15) is 4.31 Å². The van der Waals surface area contributed by atoms with Crippen LogP contribution in [0.4, 0.5) is 0 Å². The molecule has 120 valence electrons. The van der Waals surface area contributed by atoms with Crippen LogP contribution in [0, 0.1) is 13.8 Å². The molecular weight excluding hydrogens is 314 g/mol. The number of hydrogen-bond donors (Lipinski definition) is 0. The Balaban J connectivity index is 2.34. The Kier molecular flexibility index (Phi) is 5.35. The Morgan fingerprint density at radius 2 is 2.05 bits per heavy atom. The number of sulfonamides is 1. The Labute approximate surface area is 131 Å². The highest BCUT2D eigenvalue weighted by atomic mass is 35.5. The molecule has 0 N–H and O–H groups in total. The van der Waals surface area contributed by atoms with E-state index in [2.05, 4.69) is 0 Å². The molecule has 0 amide bonds. The lowest BCUT2D eigenvalue weighted by molar-refractivity contribution is 0.0946. The Morgan fingerprint density at radius 1 is 1.33 bits per heavy atom. The zero-order valence-corrected chi connectivity index (χ0v) is 14.3. The Bertz CT molecular complexity index is 590. The zero-order valence-electron chi connectivity index (χ0n) is 12.7. The van der Waals surface area contributed by atoms with Crippen molar-refractivity contribution < 1.29 is 17.6 Å². The van der Waals surface area contributed by atoms with E-state index < -0.39 is 10.0 Å². The second-order valence-corrected chi connectivity index (χ2v) is 7.39. The Hall–Kier alpha value is -0.560. The predicted octanol–water partition coefficient (Wildman–Crippen LogP) is 2.82. The van der Waals surface area contributed by atoms with E-state index >= 15 is 0 Å². The van der Waals surface area contributed by atoms with Gasteiger partial charge < -0.3 is 9.15 Å². The summed E-state index contributed by atoms with van der Waals surface area (Å²) in [5.74, 6) is 1.08. The van der Waals surface area contributed by atoms with Crippen molar-refractivity contribution in [1.29, 1.82) is 0 Å². The number of likely N-dealkylation sites (N-methyl/N-ethyl adjacent to an activating group) is 1. The molecule has 0 saturated carbocycles. The molecule has 2 heterocycles. The molecule has 1 aliphatic rings. The fraction of sp³-hybridized carbons (Fsp3) is 0.714. The third kappa shape index (κ3) is 3.28. The standard InChI is InChI=1S/C14H22ClNO4S/c1-4-16(9-12-6-5-7-19-12)21(17,18)14-11(3)20-10(2)13(14)8-15/h12H,4-9H2,1-3H3. The largest absolute Gasteiger partial charge is 0.465 e. The van der Waals surface area contributed by atoms with Gasteiger partial charge in [-0.05, 0) is 26.7 Å². The van der Waals surface area contributed by atoms with Crippen LogP contribution in [0.3, 0.4) is 0 Å². The molecule has 1 atom stereocenters. The third-order valence-corrected chi connectivity index (χ3v) is 6.24. The smallest absolute Gasteiger partial charge is 0.246 e. The summed E-state index contributed by atoms with van der Waals surface area (Å²) in [5.41, 5.74) is 0.556. The topological polar surface area (TPSA) is 59.8 Å². The average molecular weight is 336 g/mol. The number of nitrogens with zero attached hydrogens (tertiary/aromatic N) is 1. The molecule has 21 heavy (non-hydrogen) atoms. The molecule has 0 radical (unpaired) electrons. The van der Waals surface area contributed by atoms with Crippen LogP contribution in [0.2, 0.25) is 0 Å². The van der Waals surface area contributed by atoms with Crippen molar-refractivity contribution in [1.82, 2.24) is 4.31 Å². The maximum Gasteiger partial charge on any atom is 0.246 e. The van der Waals surface area contributed by atoms with E-state index in [0.29, 0.717) is 36.8 Å². The number of halogens is 1. The van der Waals surface area contributed by atoms with Crippen LogP contribution in [0.15, 0.2) is 9.31 Å². The molecule has 7 heteroatoms. The van der Waals surface area contributed by atoms with Gasteiger partial charge in [0.1, 0.15) is 16.4 Å². The Morgan fingerprint density at radius 3 is 2.57 bits per heavy atom. The van der Waals surface area contributed by atoms with Crippen molar-refractivity contribution in [2.75, 3.05) is 19.7 Å². The highest BCUT2D eigenvalue weighted by Gasteiger charge is 2.33. The fourth-order valence-corrected chi connectivity index (χ4v) is 5.04. The number of furan rings is 1. The molecular formula is C14H22ClNO4S. The third-order valence-electron chi connectivity index (χ3n) is 3.84. The summed E-state index contributed by atoms with van der Waals surface area (Å²) in [6.07, 6.45) is 1.86. The number of ether oxygens (including phenoxy) is 1. The second kappa shape index (κ2) is 6.69. The van der Waals surface area contributed by atoms with Crippen LogP contribution in [0.25, 0.3) is 0 Å². The fourth-order valence-electron chi connectivity index (χ4n) is 2.74. The van der Waals surface area contributed by atoms with Crippen LogP contribution >= 0.6 is 11.6 Å². The van der Waals surface area contributed by atoms with Gasteiger partial charge in [0.2, 0.25) is 10.0 Å². The summed E-state index contributed by atoms with van der Waals surface area (Å²) in [5, 5.41) is 0. The van der Waals surface area contributed by atoms with Crippen LogP contribution in [-0.2, 0) is 20.6 Å². The van der Waals surface area contributed by atoms with Gasteiger partial charge in [0.15, 0.2) is 0 Å². The molecule has 1 aromatic rings. The first-order valence-corrected chi connectivity index (χ1v) is 9.15. The predicted molar refractivity (Wildman–Crippen MR) is 81.1 cm³/mol. The molecule has 0 aromatic carbocycles. The molecule has 0 spiro atoms. The molecule has 1 fully saturated rings. The van der Waals surface area contributed by atoms with Crippen LogP contribution in [0.1, 0.15) is 36.8 Å². The minimum Gasteiger partial charge on any atom is -0.465 e. The first kappa shape index (κ1) is 16.8. The van der Waals surface area contributed by atoms with E-state index in [0.717, 1.165) is 12.8 Å². The van der Waals surface area contributed by atoms with Gasteiger partial charge in [0, 0.05) is 25.3 Å². The molecule has 5 nitrogen and oxygen atoms in total.